The second kappa shape index (κ2) is 5.67. The Labute approximate surface area is 101 Å². The average molecular weight is 266 g/mol. The number of carbonyl (C=O) groups is 1. The molecule has 0 aromatic heterocycles. The summed E-state index contributed by atoms with van der Waals surface area (Å²) in [5.74, 6) is -0.927. The number of amides is 1. The fourth-order valence-corrected chi connectivity index (χ4v) is 1.39. The van der Waals surface area contributed by atoms with Gasteiger partial charge in [-0.25, -0.2) is 0 Å². The van der Waals surface area contributed by atoms with E-state index < -0.39 is 12.3 Å². The maximum Gasteiger partial charge on any atom is 0.315 e. The van der Waals surface area contributed by atoms with Gasteiger partial charge in [0.1, 0.15) is 11.5 Å². The molecule has 0 saturated carbocycles. The molecule has 0 aliphatic heterocycles. The second-order valence-electron chi connectivity index (χ2n) is 2.98. The lowest BCUT2D eigenvalue weighted by Gasteiger charge is -2.12. The summed E-state index contributed by atoms with van der Waals surface area (Å²) in [6, 6.07) is 2.67. The molecule has 4 nitrogen and oxygen atoms in total. The Morgan fingerprint density at radius 2 is 1.88 bits per heavy atom. The minimum absolute atomic E-state index is 0.0589. The molecule has 0 bridgehead atoms. The quantitative estimate of drug-likeness (QED) is 0.910. The zero-order valence-electron chi connectivity index (χ0n) is 9.09. The van der Waals surface area contributed by atoms with Gasteiger partial charge in [0.05, 0.1) is 24.9 Å². The Balaban J connectivity index is 3.06. The number of hydrogen-bond acceptors (Lipinski definition) is 3. The van der Waals surface area contributed by atoms with E-state index in [4.69, 9.17) is 21.1 Å². The Hall–Kier alpha value is -1.56. The van der Waals surface area contributed by atoms with E-state index in [1.54, 1.807) is 0 Å². The minimum Gasteiger partial charge on any atom is -0.495 e. The number of anilines is 1. The maximum atomic E-state index is 12.1. The molecule has 0 fully saturated rings. The van der Waals surface area contributed by atoms with Crippen molar-refractivity contribution < 1.29 is 23.0 Å². The minimum atomic E-state index is -3.11. The van der Waals surface area contributed by atoms with Crippen LogP contribution in [0.2, 0.25) is 5.02 Å². The monoisotopic (exact) mass is 265 g/mol. The molecule has 1 rings (SSSR count). The van der Waals surface area contributed by atoms with Crippen molar-refractivity contribution in [1.82, 2.24) is 0 Å². The van der Waals surface area contributed by atoms with Crippen molar-refractivity contribution in [2.24, 2.45) is 0 Å². The molecule has 0 aliphatic rings. The first-order chi connectivity index (χ1) is 7.99. The number of methoxy groups -OCH3 is 2. The average Bonchev–Trinajstić information content (AvgIpc) is 2.29. The van der Waals surface area contributed by atoms with Gasteiger partial charge in [-0.15, -0.1) is 0 Å². The number of hydrogen-bond donors (Lipinski definition) is 1. The lowest BCUT2D eigenvalue weighted by Crippen LogP contribution is -2.20. The summed E-state index contributed by atoms with van der Waals surface area (Å²) >= 11 is 5.80. The van der Waals surface area contributed by atoms with Crippen molar-refractivity contribution in [2.75, 3.05) is 19.5 Å². The summed E-state index contributed by atoms with van der Waals surface area (Å²) in [6.45, 7) is 0. The molecule has 1 N–H and O–H groups in total. The first kappa shape index (κ1) is 13.5. The van der Waals surface area contributed by atoms with E-state index in [9.17, 15) is 13.6 Å². The Kier molecular flexibility index (Phi) is 4.51. The number of ether oxygens (including phenoxy) is 2. The Morgan fingerprint density at radius 1 is 1.29 bits per heavy atom. The third-order valence-electron chi connectivity index (χ3n) is 1.93. The van der Waals surface area contributed by atoms with E-state index in [2.05, 4.69) is 0 Å². The molecule has 1 amide bonds. The van der Waals surface area contributed by atoms with Crippen molar-refractivity contribution >= 4 is 23.2 Å². The molecule has 7 heteroatoms. The van der Waals surface area contributed by atoms with Crippen molar-refractivity contribution in [2.45, 2.75) is 6.43 Å². The van der Waals surface area contributed by atoms with E-state index in [1.807, 2.05) is 5.32 Å². The van der Waals surface area contributed by atoms with E-state index >= 15 is 0 Å². The lowest BCUT2D eigenvalue weighted by molar-refractivity contribution is -0.126. The standard InChI is InChI=1S/C10H10ClF2NO3/c1-16-7-4-8(17-2)6(3-5(7)11)14-10(15)9(12)13/h3-4,9H,1-2H3,(H,14,15). The van der Waals surface area contributed by atoms with Crippen molar-refractivity contribution in [3.63, 3.8) is 0 Å². The number of nitrogens with one attached hydrogen (secondary N) is 1. The molecule has 0 spiro atoms. The predicted molar refractivity (Wildman–Crippen MR) is 59.2 cm³/mol. The molecule has 0 unspecified atom stereocenters. The molecule has 1 aromatic rings. The molecule has 0 radical (unpaired) electrons. The number of carbonyl (C=O) groups excluding carboxylic acids is 1. The fourth-order valence-electron chi connectivity index (χ4n) is 1.15. The number of alkyl halides is 2. The summed E-state index contributed by atoms with van der Waals surface area (Å²) < 4.78 is 34.0. The highest BCUT2D eigenvalue weighted by Gasteiger charge is 2.18. The molecule has 0 atom stereocenters. The normalized spacial score (nSPS) is 10.2. The third-order valence-corrected chi connectivity index (χ3v) is 2.23. The zero-order valence-corrected chi connectivity index (χ0v) is 9.85. The van der Waals surface area contributed by atoms with Crippen molar-refractivity contribution in [1.29, 1.82) is 0 Å². The van der Waals surface area contributed by atoms with Gasteiger partial charge in [-0.05, 0) is 6.07 Å². The highest BCUT2D eigenvalue weighted by molar-refractivity contribution is 6.32. The molecule has 17 heavy (non-hydrogen) atoms. The van der Waals surface area contributed by atoms with E-state index in [0.29, 0.717) is 5.75 Å². The first-order valence-electron chi connectivity index (χ1n) is 4.50. The van der Waals surface area contributed by atoms with Crippen LogP contribution >= 0.6 is 11.6 Å². The van der Waals surface area contributed by atoms with Crippen LogP contribution in [-0.4, -0.2) is 26.6 Å². The summed E-state index contributed by atoms with van der Waals surface area (Å²) in [6.07, 6.45) is -3.11. The van der Waals surface area contributed by atoms with Gasteiger partial charge < -0.3 is 14.8 Å². The summed E-state index contributed by atoms with van der Waals surface area (Å²) in [7, 11) is 2.73. The summed E-state index contributed by atoms with van der Waals surface area (Å²) in [5, 5.41) is 2.18. The smallest absolute Gasteiger partial charge is 0.315 e. The van der Waals surface area contributed by atoms with Crippen LogP contribution in [0.15, 0.2) is 12.1 Å². The van der Waals surface area contributed by atoms with Crippen LogP contribution in [0.1, 0.15) is 0 Å². The van der Waals surface area contributed by atoms with Gasteiger partial charge in [0.2, 0.25) is 0 Å². The number of benzene rings is 1. The Morgan fingerprint density at radius 3 is 2.35 bits per heavy atom. The van der Waals surface area contributed by atoms with Crippen LogP contribution < -0.4 is 14.8 Å². The summed E-state index contributed by atoms with van der Waals surface area (Å²) in [5.41, 5.74) is 0.0589. The third kappa shape index (κ3) is 3.20. The summed E-state index contributed by atoms with van der Waals surface area (Å²) in [4.78, 5) is 10.9. The SMILES string of the molecule is COc1cc(OC)c(NC(=O)C(F)F)cc1Cl. The molecule has 1 aromatic carbocycles. The Bertz CT molecular complexity index is 426. The van der Waals surface area contributed by atoms with Crippen LogP contribution in [-0.2, 0) is 4.79 Å². The van der Waals surface area contributed by atoms with Crippen LogP contribution in [0.3, 0.4) is 0 Å². The van der Waals surface area contributed by atoms with Crippen LogP contribution in [0.5, 0.6) is 11.5 Å². The van der Waals surface area contributed by atoms with E-state index in [1.165, 1.54) is 26.4 Å². The largest absolute Gasteiger partial charge is 0.495 e. The predicted octanol–water partition coefficient (Wildman–Crippen LogP) is 2.56. The van der Waals surface area contributed by atoms with Crippen molar-refractivity contribution in [3.05, 3.63) is 17.2 Å². The van der Waals surface area contributed by atoms with Crippen LogP contribution in [0.4, 0.5) is 14.5 Å². The van der Waals surface area contributed by atoms with Gasteiger partial charge in [-0.3, -0.25) is 4.79 Å². The van der Waals surface area contributed by atoms with E-state index in [0.717, 1.165) is 0 Å². The molecular formula is C10H10ClF2NO3. The van der Waals surface area contributed by atoms with Gasteiger partial charge in [-0.1, -0.05) is 11.6 Å². The lowest BCUT2D eigenvalue weighted by atomic mass is 10.2. The van der Waals surface area contributed by atoms with E-state index in [-0.39, 0.29) is 16.5 Å². The topological polar surface area (TPSA) is 47.6 Å². The molecule has 0 saturated heterocycles. The molecule has 0 aliphatic carbocycles. The number of halogens is 3. The first-order valence-corrected chi connectivity index (χ1v) is 4.88. The fraction of sp³-hybridized carbons (Fsp3) is 0.300. The van der Waals surface area contributed by atoms with Gasteiger partial charge in [0, 0.05) is 6.07 Å². The van der Waals surface area contributed by atoms with Crippen LogP contribution in [0, 0.1) is 0 Å². The highest BCUT2D eigenvalue weighted by Crippen LogP contribution is 2.35. The molecule has 94 valence electrons. The molecule has 0 heterocycles. The maximum absolute atomic E-state index is 12.1. The number of rotatable bonds is 4. The zero-order chi connectivity index (χ0) is 13.0. The molecular weight excluding hydrogens is 256 g/mol. The highest BCUT2D eigenvalue weighted by atomic mass is 35.5. The van der Waals surface area contributed by atoms with Gasteiger partial charge >= 0.3 is 6.43 Å². The van der Waals surface area contributed by atoms with Gasteiger partial charge in [0.25, 0.3) is 5.91 Å². The van der Waals surface area contributed by atoms with Crippen molar-refractivity contribution in [3.8, 4) is 11.5 Å². The second-order valence-corrected chi connectivity index (χ2v) is 3.38. The van der Waals surface area contributed by atoms with Crippen LogP contribution in [0.25, 0.3) is 0 Å². The van der Waals surface area contributed by atoms with Gasteiger partial charge in [0.15, 0.2) is 0 Å². The van der Waals surface area contributed by atoms with Gasteiger partial charge in [-0.2, -0.15) is 8.78 Å².